The van der Waals surface area contributed by atoms with Gasteiger partial charge in [-0.05, 0) is 99.1 Å². The fourth-order valence-electron chi connectivity index (χ4n) is 10.3. The molecule has 1 spiro atoms. The summed E-state index contributed by atoms with van der Waals surface area (Å²) in [7, 11) is 0. The van der Waals surface area contributed by atoms with Crippen molar-refractivity contribution < 1.29 is 0 Å². The van der Waals surface area contributed by atoms with E-state index in [2.05, 4.69) is 223 Å². The molecule has 0 unspecified atom stereocenters. The molecule has 0 radical (unpaired) electrons. The number of nitrogens with zero attached hydrogens (tertiary/aromatic N) is 3. The number of hydrogen-bond acceptors (Lipinski definition) is 3. The summed E-state index contributed by atoms with van der Waals surface area (Å²) < 4.78 is 2.36. The monoisotopic (exact) mass is 819 g/mol. The third-order valence-electron chi connectivity index (χ3n) is 13.1. The van der Waals surface area contributed by atoms with Gasteiger partial charge in [-0.25, -0.2) is 9.97 Å². The van der Waals surface area contributed by atoms with Crippen molar-refractivity contribution in [2.75, 3.05) is 0 Å². The van der Waals surface area contributed by atoms with Gasteiger partial charge in [0.05, 0.1) is 27.8 Å². The molecular formula is C59H37N3S. The van der Waals surface area contributed by atoms with Gasteiger partial charge in [-0.15, -0.1) is 0 Å². The van der Waals surface area contributed by atoms with Gasteiger partial charge in [0.15, 0.2) is 5.82 Å². The molecule has 9 aromatic carbocycles. The predicted molar refractivity (Wildman–Crippen MR) is 260 cm³/mol. The number of hydrogen-bond donors (Lipinski definition) is 0. The number of fused-ring (bicyclic) bond motifs is 12. The molecule has 63 heavy (non-hydrogen) atoms. The van der Waals surface area contributed by atoms with Crippen LogP contribution in [0.15, 0.2) is 234 Å². The summed E-state index contributed by atoms with van der Waals surface area (Å²) in [5.41, 5.74) is 18.1. The summed E-state index contributed by atoms with van der Waals surface area (Å²) in [5, 5.41) is 2.52. The number of para-hydroxylation sites is 2. The van der Waals surface area contributed by atoms with Crippen molar-refractivity contribution in [2.45, 2.75) is 15.2 Å². The second kappa shape index (κ2) is 14.1. The maximum absolute atomic E-state index is 5.33. The molecule has 0 N–H and O–H groups in total. The van der Waals surface area contributed by atoms with Gasteiger partial charge in [0.2, 0.25) is 0 Å². The molecule has 3 heterocycles. The van der Waals surface area contributed by atoms with Crippen molar-refractivity contribution in [1.29, 1.82) is 0 Å². The lowest BCUT2D eigenvalue weighted by molar-refractivity contribution is 0.722. The number of aromatic nitrogens is 3. The van der Waals surface area contributed by atoms with Crippen molar-refractivity contribution >= 4 is 33.6 Å². The Kier molecular flexibility index (Phi) is 8.06. The van der Waals surface area contributed by atoms with Crippen molar-refractivity contribution in [2.24, 2.45) is 0 Å². The quantitative estimate of drug-likeness (QED) is 0.173. The molecule has 0 saturated heterocycles. The minimum absolute atomic E-state index is 0.468. The van der Waals surface area contributed by atoms with Crippen molar-refractivity contribution in [3.05, 3.63) is 247 Å². The molecule has 13 rings (SSSR count). The lowest BCUT2D eigenvalue weighted by Crippen LogP contribution is -2.32. The van der Waals surface area contributed by atoms with Crippen LogP contribution in [-0.2, 0) is 5.41 Å². The Bertz CT molecular complexity index is 3510. The molecular weight excluding hydrogens is 783 g/mol. The minimum Gasteiger partial charge on any atom is -0.309 e. The fraction of sp³-hybridized carbons (Fsp3) is 0.0169. The molecule has 2 aromatic heterocycles. The van der Waals surface area contributed by atoms with Crippen LogP contribution in [0.25, 0.3) is 83.6 Å². The van der Waals surface area contributed by atoms with Crippen LogP contribution >= 0.6 is 11.8 Å². The SMILES string of the molecule is c1ccc(-c2nc(-c3cccc(-c4ccc(-n5c6ccccc6c6ccccc65)cc4)c3)cc(-c3ccc4c(c3)C3(c5ccccc5S4)c4ccccc4-c4ccccc43)n2)cc1. The average molecular weight is 820 g/mol. The van der Waals surface area contributed by atoms with Gasteiger partial charge in [-0.1, -0.05) is 182 Å². The first-order chi connectivity index (χ1) is 31.2. The zero-order valence-electron chi connectivity index (χ0n) is 34.1. The zero-order chi connectivity index (χ0) is 41.5. The highest BCUT2D eigenvalue weighted by atomic mass is 32.2. The third kappa shape index (κ3) is 5.48. The van der Waals surface area contributed by atoms with Crippen LogP contribution in [0.1, 0.15) is 22.3 Å². The van der Waals surface area contributed by atoms with E-state index in [0.717, 1.165) is 44.9 Å². The molecule has 11 aromatic rings. The van der Waals surface area contributed by atoms with Gasteiger partial charge in [0, 0.05) is 42.9 Å². The van der Waals surface area contributed by atoms with E-state index in [1.807, 2.05) is 17.8 Å². The molecule has 0 saturated carbocycles. The average Bonchev–Trinajstić information content (AvgIpc) is 3.85. The van der Waals surface area contributed by atoms with E-state index in [0.29, 0.717) is 5.82 Å². The topological polar surface area (TPSA) is 30.7 Å². The Hall–Kier alpha value is -7.79. The molecule has 2 aliphatic rings. The first-order valence-electron chi connectivity index (χ1n) is 21.5. The molecule has 0 fully saturated rings. The van der Waals surface area contributed by atoms with Gasteiger partial charge < -0.3 is 4.57 Å². The van der Waals surface area contributed by atoms with Crippen LogP contribution in [0.5, 0.6) is 0 Å². The summed E-state index contributed by atoms with van der Waals surface area (Å²) in [4.78, 5) is 13.2. The normalized spacial score (nSPS) is 13.1. The van der Waals surface area contributed by atoms with Gasteiger partial charge >= 0.3 is 0 Å². The van der Waals surface area contributed by atoms with Crippen LogP contribution in [0.3, 0.4) is 0 Å². The molecule has 3 nitrogen and oxygen atoms in total. The van der Waals surface area contributed by atoms with E-state index < -0.39 is 5.41 Å². The third-order valence-corrected chi connectivity index (χ3v) is 14.2. The van der Waals surface area contributed by atoms with Crippen LogP contribution in [0, 0.1) is 0 Å². The second-order valence-corrected chi connectivity index (χ2v) is 17.6. The van der Waals surface area contributed by atoms with E-state index in [1.165, 1.54) is 65.0 Å². The molecule has 0 bridgehead atoms. The minimum atomic E-state index is -0.468. The van der Waals surface area contributed by atoms with E-state index in [9.17, 15) is 0 Å². The zero-order valence-corrected chi connectivity index (χ0v) is 34.9. The maximum Gasteiger partial charge on any atom is 0.160 e. The Morgan fingerprint density at radius 3 is 1.57 bits per heavy atom. The Balaban J connectivity index is 0.944. The molecule has 4 heteroatoms. The summed E-state index contributed by atoms with van der Waals surface area (Å²) in [6.45, 7) is 0. The van der Waals surface area contributed by atoms with Gasteiger partial charge in [0.1, 0.15) is 0 Å². The largest absolute Gasteiger partial charge is 0.309 e. The Morgan fingerprint density at radius 2 is 0.873 bits per heavy atom. The van der Waals surface area contributed by atoms with Crippen molar-refractivity contribution in [3.8, 4) is 61.8 Å². The van der Waals surface area contributed by atoms with Gasteiger partial charge in [0.25, 0.3) is 0 Å². The Labute approximate surface area is 370 Å². The second-order valence-electron chi connectivity index (χ2n) is 16.5. The van der Waals surface area contributed by atoms with Crippen molar-refractivity contribution in [1.82, 2.24) is 14.5 Å². The summed E-state index contributed by atoms with van der Waals surface area (Å²) >= 11 is 1.86. The molecule has 1 aliphatic carbocycles. The van der Waals surface area contributed by atoms with Crippen LogP contribution < -0.4 is 0 Å². The fourth-order valence-corrected chi connectivity index (χ4v) is 11.5. The number of benzene rings is 9. The number of rotatable bonds is 5. The smallest absolute Gasteiger partial charge is 0.160 e. The lowest BCUT2D eigenvalue weighted by atomic mass is 9.67. The molecule has 294 valence electrons. The molecule has 0 atom stereocenters. The highest BCUT2D eigenvalue weighted by Crippen LogP contribution is 2.62. The standard InChI is InChI=1S/C59H37N3S/c1-2-15-39(16-3-1)58-60-52(41-18-14-17-40(35-41)38-29-32-43(33-30-38)62-54-26-11-6-21-46(54)47-22-7-12-27-55(47)62)37-53(61-58)42-31-34-57-51(36-42)59(50-25-10-13-28-56(50)63-57)48-23-8-4-19-44(48)45-20-5-9-24-49(45)59/h1-37H. The van der Waals surface area contributed by atoms with Crippen LogP contribution in [0.2, 0.25) is 0 Å². The molecule has 0 amide bonds. The van der Waals surface area contributed by atoms with Gasteiger partial charge in [-0.3, -0.25) is 0 Å². The van der Waals surface area contributed by atoms with E-state index in [4.69, 9.17) is 9.97 Å². The van der Waals surface area contributed by atoms with Crippen LogP contribution in [0.4, 0.5) is 0 Å². The Morgan fingerprint density at radius 1 is 0.349 bits per heavy atom. The summed E-state index contributed by atoms with van der Waals surface area (Å²) in [6.07, 6.45) is 0. The van der Waals surface area contributed by atoms with Crippen molar-refractivity contribution in [3.63, 3.8) is 0 Å². The predicted octanol–water partition coefficient (Wildman–Crippen LogP) is 15.1. The molecule has 1 aliphatic heterocycles. The van der Waals surface area contributed by atoms with E-state index in [-0.39, 0.29) is 0 Å². The highest BCUT2D eigenvalue weighted by Gasteiger charge is 2.50. The first-order valence-corrected chi connectivity index (χ1v) is 22.3. The highest BCUT2D eigenvalue weighted by molar-refractivity contribution is 7.99. The lowest BCUT2D eigenvalue weighted by Gasteiger charge is -2.39. The van der Waals surface area contributed by atoms with E-state index >= 15 is 0 Å². The summed E-state index contributed by atoms with van der Waals surface area (Å²) in [5.74, 6) is 0.702. The van der Waals surface area contributed by atoms with E-state index in [1.54, 1.807) is 0 Å². The summed E-state index contributed by atoms with van der Waals surface area (Å²) in [6, 6.07) is 81.4. The maximum atomic E-state index is 5.33. The van der Waals surface area contributed by atoms with Crippen LogP contribution in [-0.4, -0.2) is 14.5 Å². The first kappa shape index (κ1) is 35.9. The van der Waals surface area contributed by atoms with Gasteiger partial charge in [-0.2, -0.15) is 0 Å².